The fourth-order valence-electron chi connectivity index (χ4n) is 3.73. The van der Waals surface area contributed by atoms with E-state index >= 15 is 0 Å². The fourth-order valence-corrected chi connectivity index (χ4v) is 3.73. The van der Waals surface area contributed by atoms with Gasteiger partial charge in [0.05, 0.1) is 13.2 Å². The summed E-state index contributed by atoms with van der Waals surface area (Å²) in [5, 5.41) is 13.4. The van der Waals surface area contributed by atoms with Gasteiger partial charge in [0.25, 0.3) is 5.91 Å². The Morgan fingerprint density at radius 2 is 2.00 bits per heavy atom. The first kappa shape index (κ1) is 19.7. The van der Waals surface area contributed by atoms with Crippen molar-refractivity contribution >= 4 is 34.3 Å². The van der Waals surface area contributed by atoms with Crippen LogP contribution >= 0.6 is 0 Å². The van der Waals surface area contributed by atoms with Crippen molar-refractivity contribution in [2.75, 3.05) is 36.5 Å². The molecule has 2 heterocycles. The van der Waals surface area contributed by atoms with Crippen LogP contribution in [-0.4, -0.2) is 37.2 Å². The molecule has 1 aliphatic heterocycles. The third kappa shape index (κ3) is 4.07. The van der Waals surface area contributed by atoms with E-state index in [2.05, 4.69) is 28.2 Å². The van der Waals surface area contributed by atoms with E-state index in [1.165, 1.54) is 5.56 Å². The zero-order chi connectivity index (χ0) is 20.9. The number of aromatic amines is 1. The lowest BCUT2D eigenvalue weighted by molar-refractivity contribution is -0.112. The van der Waals surface area contributed by atoms with Crippen molar-refractivity contribution < 1.29 is 9.53 Å². The normalized spacial score (nSPS) is 14.5. The predicted octanol–water partition coefficient (Wildman–Crippen LogP) is 4.11. The fraction of sp³-hybridized carbons (Fsp3) is 0.250. The number of hydrogen-bond donors (Lipinski definition) is 2. The second kappa shape index (κ2) is 8.85. The molecule has 0 spiro atoms. The van der Waals surface area contributed by atoms with Gasteiger partial charge in [-0.25, -0.2) is 0 Å². The molecule has 2 N–H and O–H groups in total. The molecule has 152 valence electrons. The maximum absolute atomic E-state index is 12.7. The number of carbonyl (C=O) groups excluding carboxylic acids is 1. The number of aromatic nitrogens is 1. The second-order valence-corrected chi connectivity index (χ2v) is 7.21. The Balaban J connectivity index is 1.51. The number of hydrogen-bond acceptors (Lipinski definition) is 4. The quantitative estimate of drug-likeness (QED) is 0.499. The lowest BCUT2D eigenvalue weighted by Crippen LogP contribution is -2.36. The molecule has 1 aliphatic rings. The van der Waals surface area contributed by atoms with Gasteiger partial charge < -0.3 is 19.9 Å². The van der Waals surface area contributed by atoms with Crippen molar-refractivity contribution in [1.82, 2.24) is 4.98 Å². The van der Waals surface area contributed by atoms with Gasteiger partial charge in [0.2, 0.25) is 0 Å². The number of amides is 1. The van der Waals surface area contributed by atoms with E-state index in [-0.39, 0.29) is 5.57 Å². The number of nitrogens with zero attached hydrogens (tertiary/aromatic N) is 2. The van der Waals surface area contributed by atoms with Crippen LogP contribution in [0.15, 0.2) is 54.2 Å². The highest BCUT2D eigenvalue weighted by Crippen LogP contribution is 2.25. The number of carbonyl (C=O) groups is 1. The molecule has 0 saturated carbocycles. The summed E-state index contributed by atoms with van der Waals surface area (Å²) in [6.07, 6.45) is 4.38. The topological polar surface area (TPSA) is 81.2 Å². The van der Waals surface area contributed by atoms with Gasteiger partial charge >= 0.3 is 0 Å². The Bertz CT molecular complexity index is 1120. The van der Waals surface area contributed by atoms with Crippen molar-refractivity contribution in [1.29, 1.82) is 5.26 Å². The first-order valence-corrected chi connectivity index (χ1v) is 10.1. The molecule has 1 saturated heterocycles. The van der Waals surface area contributed by atoms with E-state index < -0.39 is 5.91 Å². The average molecular weight is 400 g/mol. The number of fused-ring (bicyclic) bond motifs is 1. The number of anilines is 2. The lowest BCUT2D eigenvalue weighted by atomic mass is 10.1. The number of morpholine rings is 1. The Labute approximate surface area is 175 Å². The van der Waals surface area contributed by atoms with Gasteiger partial charge in [0.15, 0.2) is 0 Å². The van der Waals surface area contributed by atoms with Crippen LogP contribution in [-0.2, 0) is 16.0 Å². The molecule has 0 bridgehead atoms. The van der Waals surface area contributed by atoms with Crippen molar-refractivity contribution in [2.45, 2.75) is 13.3 Å². The molecule has 2 aromatic carbocycles. The molecule has 1 aromatic heterocycles. The summed E-state index contributed by atoms with van der Waals surface area (Å²) < 4.78 is 5.38. The number of H-pyrrole nitrogens is 1. The van der Waals surface area contributed by atoms with E-state index in [1.54, 1.807) is 6.08 Å². The van der Waals surface area contributed by atoms with Crippen LogP contribution in [0.25, 0.3) is 17.0 Å². The zero-order valence-electron chi connectivity index (χ0n) is 16.9. The first-order chi connectivity index (χ1) is 14.7. The van der Waals surface area contributed by atoms with Crippen LogP contribution in [0.3, 0.4) is 0 Å². The molecule has 4 rings (SSSR count). The molecular weight excluding hydrogens is 376 g/mol. The summed E-state index contributed by atoms with van der Waals surface area (Å²) in [5.41, 5.74) is 4.89. The number of benzene rings is 2. The summed E-state index contributed by atoms with van der Waals surface area (Å²) >= 11 is 0. The highest BCUT2D eigenvalue weighted by atomic mass is 16.5. The Morgan fingerprint density at radius 1 is 1.23 bits per heavy atom. The Kier molecular flexibility index (Phi) is 5.82. The van der Waals surface area contributed by atoms with Gasteiger partial charge in [-0.1, -0.05) is 25.1 Å². The van der Waals surface area contributed by atoms with Crippen LogP contribution < -0.4 is 10.2 Å². The molecular formula is C24H24N4O2. The van der Waals surface area contributed by atoms with Gasteiger partial charge in [-0.15, -0.1) is 0 Å². The van der Waals surface area contributed by atoms with Crippen LogP contribution in [0.5, 0.6) is 0 Å². The molecule has 30 heavy (non-hydrogen) atoms. The minimum absolute atomic E-state index is 0.0649. The molecule has 0 unspecified atom stereocenters. The molecule has 6 heteroatoms. The van der Waals surface area contributed by atoms with E-state index in [1.807, 2.05) is 48.7 Å². The highest BCUT2D eigenvalue weighted by molar-refractivity contribution is 6.10. The van der Waals surface area contributed by atoms with Crippen LogP contribution in [0, 0.1) is 11.3 Å². The van der Waals surface area contributed by atoms with Crippen molar-refractivity contribution in [3.8, 4) is 6.07 Å². The Hall–Kier alpha value is -3.56. The second-order valence-electron chi connectivity index (χ2n) is 7.21. The van der Waals surface area contributed by atoms with Gasteiger partial charge in [0.1, 0.15) is 11.6 Å². The smallest absolute Gasteiger partial charge is 0.266 e. The SMILES string of the molecule is CCc1cccc2c(/C=C(\C#N)C(=O)Nc3ccc(N4CCOCC4)cc3)c[nH]c12. The number of aryl methyl sites for hydroxylation is 1. The summed E-state index contributed by atoms with van der Waals surface area (Å²) in [5.74, 6) is -0.419. The lowest BCUT2D eigenvalue weighted by Gasteiger charge is -2.28. The van der Waals surface area contributed by atoms with E-state index in [4.69, 9.17) is 4.74 Å². The maximum atomic E-state index is 12.7. The largest absolute Gasteiger partial charge is 0.378 e. The highest BCUT2D eigenvalue weighted by Gasteiger charge is 2.14. The van der Waals surface area contributed by atoms with E-state index in [0.717, 1.165) is 54.9 Å². The van der Waals surface area contributed by atoms with E-state index in [0.29, 0.717) is 5.69 Å². The van der Waals surface area contributed by atoms with Crippen LogP contribution in [0.4, 0.5) is 11.4 Å². The summed E-state index contributed by atoms with van der Waals surface area (Å²) in [6.45, 7) is 5.27. The molecule has 0 radical (unpaired) electrons. The standard InChI is InChI=1S/C24H24N4O2/c1-2-17-4-3-5-22-19(16-26-23(17)22)14-18(15-25)24(29)27-20-6-8-21(9-7-20)28-10-12-30-13-11-28/h3-9,14,16,26H,2,10-13H2,1H3,(H,27,29)/b18-14+. The van der Waals surface area contributed by atoms with Crippen LogP contribution in [0.2, 0.25) is 0 Å². The third-order valence-corrected chi connectivity index (χ3v) is 5.38. The number of rotatable bonds is 5. The maximum Gasteiger partial charge on any atom is 0.266 e. The Morgan fingerprint density at radius 3 is 2.70 bits per heavy atom. The van der Waals surface area contributed by atoms with Gasteiger partial charge in [-0.2, -0.15) is 5.26 Å². The predicted molar refractivity (Wildman–Crippen MR) is 119 cm³/mol. The minimum Gasteiger partial charge on any atom is -0.378 e. The average Bonchev–Trinajstić information content (AvgIpc) is 3.21. The van der Waals surface area contributed by atoms with Crippen molar-refractivity contribution in [3.05, 3.63) is 65.4 Å². The minimum atomic E-state index is -0.419. The number of ether oxygens (including phenoxy) is 1. The molecule has 0 atom stereocenters. The molecule has 1 amide bonds. The monoisotopic (exact) mass is 400 g/mol. The third-order valence-electron chi connectivity index (χ3n) is 5.38. The summed E-state index contributed by atoms with van der Waals surface area (Å²) in [4.78, 5) is 18.2. The first-order valence-electron chi connectivity index (χ1n) is 10.1. The zero-order valence-corrected chi connectivity index (χ0v) is 16.9. The molecule has 6 nitrogen and oxygen atoms in total. The molecule has 3 aromatic rings. The van der Waals surface area contributed by atoms with Gasteiger partial charge in [0, 0.05) is 47.1 Å². The van der Waals surface area contributed by atoms with Crippen molar-refractivity contribution in [3.63, 3.8) is 0 Å². The molecule has 0 aliphatic carbocycles. The van der Waals surface area contributed by atoms with Crippen molar-refractivity contribution in [2.24, 2.45) is 0 Å². The number of nitriles is 1. The van der Waals surface area contributed by atoms with Gasteiger partial charge in [-0.05, 0) is 42.3 Å². The molecule has 1 fully saturated rings. The number of para-hydroxylation sites is 1. The summed E-state index contributed by atoms with van der Waals surface area (Å²) in [7, 11) is 0. The van der Waals surface area contributed by atoms with Crippen LogP contribution in [0.1, 0.15) is 18.1 Å². The van der Waals surface area contributed by atoms with Gasteiger partial charge in [-0.3, -0.25) is 4.79 Å². The summed E-state index contributed by atoms with van der Waals surface area (Å²) in [6, 6.07) is 15.8. The van der Waals surface area contributed by atoms with E-state index in [9.17, 15) is 10.1 Å². The number of nitrogens with one attached hydrogen (secondary N) is 2.